The molecule has 1 amide bonds. The van der Waals surface area contributed by atoms with E-state index in [4.69, 9.17) is 27.9 Å². The predicted molar refractivity (Wildman–Crippen MR) is 142 cm³/mol. The molecule has 2 aromatic carbocycles. The number of aromatic amines is 1. The first-order valence-electron chi connectivity index (χ1n) is 12.3. The third kappa shape index (κ3) is 5.37. The summed E-state index contributed by atoms with van der Waals surface area (Å²) in [6, 6.07) is 9.63. The maximum absolute atomic E-state index is 12.8. The van der Waals surface area contributed by atoms with Gasteiger partial charge in [-0.15, -0.1) is 0 Å². The number of nitrogens with one attached hydrogen (secondary N) is 3. The number of carbonyl (C=O) groups is 1. The van der Waals surface area contributed by atoms with Crippen LogP contribution in [0.3, 0.4) is 0 Å². The van der Waals surface area contributed by atoms with Crippen LogP contribution in [0.25, 0.3) is 11.0 Å². The molecule has 1 saturated heterocycles. The lowest BCUT2D eigenvalue weighted by atomic mass is 9.75. The second-order valence-corrected chi connectivity index (χ2v) is 10.6. The number of ether oxygens (including phenoxy) is 1. The molecular weight excluding hydrogens is 485 g/mol. The van der Waals surface area contributed by atoms with Crippen molar-refractivity contribution in [2.24, 2.45) is 5.41 Å². The Morgan fingerprint density at radius 2 is 1.89 bits per heavy atom. The van der Waals surface area contributed by atoms with Gasteiger partial charge in [-0.25, -0.2) is 4.98 Å². The molecule has 0 spiro atoms. The van der Waals surface area contributed by atoms with E-state index < -0.39 is 0 Å². The van der Waals surface area contributed by atoms with E-state index in [2.05, 4.69) is 32.4 Å². The zero-order chi connectivity index (χ0) is 24.4. The van der Waals surface area contributed by atoms with E-state index in [1.807, 2.05) is 30.3 Å². The SMILES string of the molecule is CC1(C(=O)NCc2ccc(Cl)c(Nc3nc4cc(Cl)c(N5CCOCC5)cc4[nH]3)c2)CCCCC1. The number of benzene rings is 2. The van der Waals surface area contributed by atoms with Crippen LogP contribution in [0.15, 0.2) is 30.3 Å². The van der Waals surface area contributed by atoms with Crippen molar-refractivity contribution < 1.29 is 9.53 Å². The van der Waals surface area contributed by atoms with Crippen LogP contribution in [0.4, 0.5) is 17.3 Å². The van der Waals surface area contributed by atoms with Crippen LogP contribution in [-0.2, 0) is 16.1 Å². The monoisotopic (exact) mass is 515 g/mol. The van der Waals surface area contributed by atoms with Gasteiger partial charge in [0.05, 0.1) is 45.7 Å². The number of H-pyrrole nitrogens is 1. The Hall–Kier alpha value is -2.48. The highest BCUT2D eigenvalue weighted by Gasteiger charge is 2.34. The molecule has 7 nitrogen and oxygen atoms in total. The van der Waals surface area contributed by atoms with Crippen LogP contribution in [0.1, 0.15) is 44.6 Å². The molecule has 2 aliphatic rings. The molecule has 1 aliphatic carbocycles. The Kier molecular flexibility index (Phi) is 7.09. The van der Waals surface area contributed by atoms with Gasteiger partial charge < -0.3 is 25.3 Å². The molecular formula is C26H31Cl2N5O2. The maximum atomic E-state index is 12.8. The average Bonchev–Trinajstić information content (AvgIpc) is 3.25. The van der Waals surface area contributed by atoms with Crippen molar-refractivity contribution in [1.82, 2.24) is 15.3 Å². The van der Waals surface area contributed by atoms with Gasteiger partial charge in [0.15, 0.2) is 0 Å². The number of imidazole rings is 1. The van der Waals surface area contributed by atoms with Crippen LogP contribution in [0, 0.1) is 5.41 Å². The third-order valence-electron chi connectivity index (χ3n) is 7.14. The number of rotatable bonds is 6. The van der Waals surface area contributed by atoms with Crippen molar-refractivity contribution in [2.45, 2.75) is 45.6 Å². The molecule has 3 aromatic rings. The number of nitrogens with zero attached hydrogens (tertiary/aromatic N) is 2. The van der Waals surface area contributed by atoms with Crippen molar-refractivity contribution in [3.05, 3.63) is 45.9 Å². The van der Waals surface area contributed by atoms with Gasteiger partial charge in [0.1, 0.15) is 0 Å². The summed E-state index contributed by atoms with van der Waals surface area (Å²) in [7, 11) is 0. The Labute approximate surface area is 215 Å². The molecule has 3 N–H and O–H groups in total. The number of morpholine rings is 1. The Bertz CT molecular complexity index is 1220. The van der Waals surface area contributed by atoms with Gasteiger partial charge in [-0.2, -0.15) is 0 Å². The van der Waals surface area contributed by atoms with Crippen molar-refractivity contribution in [3.8, 4) is 0 Å². The Balaban J connectivity index is 1.30. The van der Waals surface area contributed by atoms with Crippen LogP contribution >= 0.6 is 23.2 Å². The van der Waals surface area contributed by atoms with E-state index in [-0.39, 0.29) is 11.3 Å². The second-order valence-electron chi connectivity index (χ2n) is 9.75. The van der Waals surface area contributed by atoms with Crippen molar-refractivity contribution >= 4 is 57.5 Å². The topological polar surface area (TPSA) is 82.3 Å². The third-order valence-corrected chi connectivity index (χ3v) is 7.78. The summed E-state index contributed by atoms with van der Waals surface area (Å²) in [5, 5.41) is 7.66. The lowest BCUT2D eigenvalue weighted by Crippen LogP contribution is -2.39. The summed E-state index contributed by atoms with van der Waals surface area (Å²) >= 11 is 13.0. The van der Waals surface area contributed by atoms with Crippen LogP contribution in [0.2, 0.25) is 10.0 Å². The number of carbonyl (C=O) groups excluding carboxylic acids is 1. The molecule has 1 saturated carbocycles. The summed E-state index contributed by atoms with van der Waals surface area (Å²) in [6.07, 6.45) is 5.37. The highest BCUT2D eigenvalue weighted by Crippen LogP contribution is 2.36. The van der Waals surface area contributed by atoms with Gasteiger partial charge in [-0.1, -0.05) is 55.5 Å². The minimum Gasteiger partial charge on any atom is -0.378 e. The molecule has 5 rings (SSSR count). The first kappa shape index (κ1) is 24.2. The van der Waals surface area contributed by atoms with Crippen molar-refractivity contribution in [2.75, 3.05) is 36.5 Å². The van der Waals surface area contributed by atoms with Crippen LogP contribution in [-0.4, -0.2) is 42.2 Å². The van der Waals surface area contributed by atoms with E-state index >= 15 is 0 Å². The van der Waals surface area contributed by atoms with Crippen LogP contribution in [0.5, 0.6) is 0 Å². The largest absolute Gasteiger partial charge is 0.378 e. The lowest BCUT2D eigenvalue weighted by molar-refractivity contribution is -0.132. The zero-order valence-corrected chi connectivity index (χ0v) is 21.4. The van der Waals surface area contributed by atoms with Gasteiger partial charge in [0, 0.05) is 25.0 Å². The lowest BCUT2D eigenvalue weighted by Gasteiger charge is -2.32. The number of hydrogen-bond acceptors (Lipinski definition) is 5. The minimum absolute atomic E-state index is 0.131. The smallest absolute Gasteiger partial charge is 0.226 e. The van der Waals surface area contributed by atoms with Gasteiger partial charge in [0.25, 0.3) is 0 Å². The van der Waals surface area contributed by atoms with Gasteiger partial charge in [0.2, 0.25) is 11.9 Å². The van der Waals surface area contributed by atoms with Crippen molar-refractivity contribution in [3.63, 3.8) is 0 Å². The summed E-state index contributed by atoms with van der Waals surface area (Å²) in [4.78, 5) is 23.0. The Morgan fingerprint density at radius 3 is 2.66 bits per heavy atom. The number of amides is 1. The average molecular weight is 516 g/mol. The maximum Gasteiger partial charge on any atom is 0.226 e. The number of hydrogen-bond donors (Lipinski definition) is 3. The highest BCUT2D eigenvalue weighted by molar-refractivity contribution is 6.34. The number of aromatic nitrogens is 2. The molecule has 186 valence electrons. The molecule has 9 heteroatoms. The quantitative estimate of drug-likeness (QED) is 0.372. The van der Waals surface area contributed by atoms with Gasteiger partial charge in [-0.05, 0) is 42.7 Å². The molecule has 0 radical (unpaired) electrons. The van der Waals surface area contributed by atoms with E-state index in [9.17, 15) is 4.79 Å². The minimum atomic E-state index is -0.263. The number of fused-ring (bicyclic) bond motifs is 1. The highest BCUT2D eigenvalue weighted by atomic mass is 35.5. The number of anilines is 3. The summed E-state index contributed by atoms with van der Waals surface area (Å²) < 4.78 is 5.46. The van der Waals surface area contributed by atoms with Crippen molar-refractivity contribution in [1.29, 1.82) is 0 Å². The van der Waals surface area contributed by atoms with E-state index in [1.54, 1.807) is 0 Å². The first-order chi connectivity index (χ1) is 16.9. The summed E-state index contributed by atoms with van der Waals surface area (Å²) in [5.41, 5.74) is 4.06. The number of halogens is 2. The van der Waals surface area contributed by atoms with E-state index in [0.717, 1.165) is 66.7 Å². The summed E-state index contributed by atoms with van der Waals surface area (Å²) in [5.74, 6) is 0.708. The second kappa shape index (κ2) is 10.2. The first-order valence-corrected chi connectivity index (χ1v) is 13.0. The fourth-order valence-corrected chi connectivity index (χ4v) is 5.43. The molecule has 0 unspecified atom stereocenters. The standard InChI is InChI=1S/C26H31Cl2N5O2/c1-26(7-3-2-4-8-26)24(34)29-16-17-5-6-18(27)20(13-17)30-25-31-21-14-19(28)23(15-22(21)32-25)33-9-11-35-12-10-33/h5-6,13-15H,2-4,7-12,16H2,1H3,(H,29,34)(H2,30,31,32). The van der Waals surface area contributed by atoms with Gasteiger partial charge >= 0.3 is 0 Å². The molecule has 35 heavy (non-hydrogen) atoms. The molecule has 1 aromatic heterocycles. The van der Waals surface area contributed by atoms with Gasteiger partial charge in [-0.3, -0.25) is 4.79 Å². The predicted octanol–water partition coefficient (Wildman–Crippen LogP) is 6.04. The molecule has 2 heterocycles. The molecule has 1 aliphatic heterocycles. The molecule has 0 atom stereocenters. The zero-order valence-electron chi connectivity index (χ0n) is 19.9. The normalized spacial score (nSPS) is 18.0. The summed E-state index contributed by atoms with van der Waals surface area (Å²) in [6.45, 7) is 5.54. The van der Waals surface area contributed by atoms with E-state index in [0.29, 0.717) is 35.8 Å². The molecule has 2 fully saturated rings. The molecule has 0 bridgehead atoms. The van der Waals surface area contributed by atoms with Crippen LogP contribution < -0.4 is 15.5 Å². The fraction of sp³-hybridized carbons (Fsp3) is 0.462. The fourth-order valence-electron chi connectivity index (χ4n) is 4.99. The van der Waals surface area contributed by atoms with E-state index in [1.165, 1.54) is 6.42 Å². The Morgan fingerprint density at radius 1 is 1.11 bits per heavy atom.